The lowest BCUT2D eigenvalue weighted by Crippen LogP contribution is -2.46. The average Bonchev–Trinajstić information content (AvgIpc) is 2.25. The van der Waals surface area contributed by atoms with Crippen LogP contribution in [0, 0.1) is 0 Å². The number of likely N-dealkylation sites (tertiary alicyclic amines) is 1. The molecule has 0 bridgehead atoms. The first-order valence-electron chi connectivity index (χ1n) is 5.65. The van der Waals surface area contributed by atoms with E-state index in [4.69, 9.17) is 5.73 Å². The Hall–Kier alpha value is -1.13. The lowest BCUT2D eigenvalue weighted by molar-refractivity contribution is -0.0404. The first-order chi connectivity index (χ1) is 7.53. The Morgan fingerprint density at radius 1 is 1.62 bits per heavy atom. The van der Waals surface area contributed by atoms with E-state index >= 15 is 0 Å². The number of hydrogen-bond donors (Lipinski definition) is 2. The Morgan fingerprint density at radius 2 is 2.38 bits per heavy atom. The van der Waals surface area contributed by atoms with Crippen LogP contribution >= 0.6 is 0 Å². The van der Waals surface area contributed by atoms with Gasteiger partial charge in [0.25, 0.3) is 0 Å². The summed E-state index contributed by atoms with van der Waals surface area (Å²) in [7, 11) is 2.08. The van der Waals surface area contributed by atoms with Crippen molar-refractivity contribution in [3.05, 3.63) is 24.0 Å². The molecule has 88 valence electrons. The first kappa shape index (κ1) is 11.4. The second-order valence-corrected chi connectivity index (χ2v) is 4.78. The topological polar surface area (TPSA) is 62.4 Å². The van der Waals surface area contributed by atoms with Crippen molar-refractivity contribution < 1.29 is 5.11 Å². The quantitative estimate of drug-likeness (QED) is 0.741. The number of piperidine rings is 1. The van der Waals surface area contributed by atoms with Crippen LogP contribution in [0.4, 0.5) is 5.69 Å². The van der Waals surface area contributed by atoms with Crippen LogP contribution in [0.25, 0.3) is 0 Å². The fourth-order valence-corrected chi connectivity index (χ4v) is 2.37. The third-order valence-electron chi connectivity index (χ3n) is 3.62. The number of rotatable bonds is 1. The molecule has 2 atom stereocenters. The normalized spacial score (nSPS) is 31.6. The first-order valence-corrected chi connectivity index (χ1v) is 5.65. The summed E-state index contributed by atoms with van der Waals surface area (Å²) in [6.07, 6.45) is 4.76. The fourth-order valence-electron chi connectivity index (χ4n) is 2.37. The van der Waals surface area contributed by atoms with Gasteiger partial charge in [-0.2, -0.15) is 0 Å². The fraction of sp³-hybridized carbons (Fsp3) is 0.583. The average molecular weight is 221 g/mol. The molecule has 1 saturated heterocycles. The van der Waals surface area contributed by atoms with Crippen molar-refractivity contribution in [1.29, 1.82) is 0 Å². The maximum absolute atomic E-state index is 10.7. The number of nitrogen functional groups attached to an aromatic ring is 1. The zero-order valence-corrected chi connectivity index (χ0v) is 9.85. The van der Waals surface area contributed by atoms with E-state index in [1.165, 1.54) is 0 Å². The Balaban J connectivity index is 2.29. The van der Waals surface area contributed by atoms with Crippen LogP contribution in [0.5, 0.6) is 0 Å². The predicted molar refractivity (Wildman–Crippen MR) is 63.9 cm³/mol. The summed E-state index contributed by atoms with van der Waals surface area (Å²) in [6.45, 7) is 3.00. The van der Waals surface area contributed by atoms with Crippen LogP contribution in [0.15, 0.2) is 18.5 Å². The smallest absolute Gasteiger partial charge is 0.0958 e. The summed E-state index contributed by atoms with van der Waals surface area (Å²) >= 11 is 0. The molecule has 1 aromatic heterocycles. The van der Waals surface area contributed by atoms with Gasteiger partial charge in [0.1, 0.15) is 0 Å². The summed E-state index contributed by atoms with van der Waals surface area (Å²) in [5, 5.41) is 10.7. The van der Waals surface area contributed by atoms with Crippen molar-refractivity contribution in [3.63, 3.8) is 0 Å². The van der Waals surface area contributed by atoms with E-state index in [0.717, 1.165) is 12.1 Å². The standard InChI is InChI=1S/C12H19N3O/c1-9-7-12(16,4-6-15(9)2)10-8-14-5-3-11(10)13/h3,5,8-9,16H,4,6-7H2,1-2H3,(H2,13,14). The van der Waals surface area contributed by atoms with E-state index < -0.39 is 5.60 Å². The van der Waals surface area contributed by atoms with Crippen LogP contribution in [-0.4, -0.2) is 34.6 Å². The monoisotopic (exact) mass is 221 g/mol. The molecule has 1 aromatic rings. The van der Waals surface area contributed by atoms with Gasteiger partial charge in [-0.25, -0.2) is 0 Å². The largest absolute Gasteiger partial charge is 0.398 e. The molecule has 2 rings (SSSR count). The Bertz CT molecular complexity index is 382. The molecule has 0 saturated carbocycles. The van der Waals surface area contributed by atoms with E-state index in [1.807, 2.05) is 0 Å². The van der Waals surface area contributed by atoms with Crippen LogP contribution in [0.1, 0.15) is 25.3 Å². The zero-order valence-electron chi connectivity index (χ0n) is 9.85. The maximum atomic E-state index is 10.7. The summed E-state index contributed by atoms with van der Waals surface area (Å²) in [5.41, 5.74) is 6.49. The molecule has 0 aromatic carbocycles. The molecule has 0 amide bonds. The summed E-state index contributed by atoms with van der Waals surface area (Å²) in [6, 6.07) is 2.11. The van der Waals surface area contributed by atoms with Crippen LogP contribution in [-0.2, 0) is 5.60 Å². The van der Waals surface area contributed by atoms with Crippen molar-refractivity contribution in [1.82, 2.24) is 9.88 Å². The highest BCUT2D eigenvalue weighted by atomic mass is 16.3. The summed E-state index contributed by atoms with van der Waals surface area (Å²) in [5.74, 6) is 0. The molecular formula is C12H19N3O. The number of aliphatic hydroxyl groups is 1. The highest BCUT2D eigenvalue weighted by Gasteiger charge is 2.37. The third kappa shape index (κ3) is 1.90. The SMILES string of the molecule is CC1CC(O)(c2cnccc2N)CCN1C. The molecule has 1 aliphatic heterocycles. The highest BCUT2D eigenvalue weighted by Crippen LogP contribution is 2.37. The zero-order chi connectivity index (χ0) is 11.8. The molecule has 4 nitrogen and oxygen atoms in total. The van der Waals surface area contributed by atoms with E-state index in [9.17, 15) is 5.11 Å². The molecular weight excluding hydrogens is 202 g/mol. The molecule has 1 aliphatic rings. The van der Waals surface area contributed by atoms with Crippen molar-refractivity contribution >= 4 is 5.69 Å². The number of nitrogens with two attached hydrogens (primary N) is 1. The third-order valence-corrected chi connectivity index (χ3v) is 3.62. The number of nitrogens with zero attached hydrogens (tertiary/aromatic N) is 2. The molecule has 1 fully saturated rings. The van der Waals surface area contributed by atoms with Crippen molar-refractivity contribution in [2.45, 2.75) is 31.4 Å². The van der Waals surface area contributed by atoms with E-state index in [1.54, 1.807) is 18.5 Å². The highest BCUT2D eigenvalue weighted by molar-refractivity contribution is 5.48. The van der Waals surface area contributed by atoms with Gasteiger partial charge in [0.2, 0.25) is 0 Å². The lowest BCUT2D eigenvalue weighted by atomic mass is 9.81. The molecule has 0 aliphatic carbocycles. The van der Waals surface area contributed by atoms with Gasteiger partial charge in [0, 0.05) is 36.2 Å². The van der Waals surface area contributed by atoms with Gasteiger partial charge in [-0.1, -0.05) is 0 Å². The molecule has 0 radical (unpaired) electrons. The van der Waals surface area contributed by atoms with Gasteiger partial charge < -0.3 is 15.7 Å². The Labute approximate surface area is 96.1 Å². The molecule has 16 heavy (non-hydrogen) atoms. The Kier molecular flexibility index (Phi) is 2.86. The minimum atomic E-state index is -0.815. The molecule has 3 N–H and O–H groups in total. The molecule has 2 unspecified atom stereocenters. The van der Waals surface area contributed by atoms with Crippen molar-refractivity contribution in [3.8, 4) is 0 Å². The van der Waals surface area contributed by atoms with Crippen molar-refractivity contribution in [2.24, 2.45) is 0 Å². The minimum absolute atomic E-state index is 0.360. The number of anilines is 1. The van der Waals surface area contributed by atoms with Gasteiger partial charge in [-0.05, 0) is 32.9 Å². The summed E-state index contributed by atoms with van der Waals surface area (Å²) < 4.78 is 0. The van der Waals surface area contributed by atoms with Crippen LogP contribution < -0.4 is 5.73 Å². The molecule has 0 spiro atoms. The van der Waals surface area contributed by atoms with Gasteiger partial charge in [-0.3, -0.25) is 4.98 Å². The molecule has 2 heterocycles. The van der Waals surface area contributed by atoms with Gasteiger partial charge in [-0.15, -0.1) is 0 Å². The van der Waals surface area contributed by atoms with Gasteiger partial charge >= 0.3 is 0 Å². The van der Waals surface area contributed by atoms with Gasteiger partial charge in [0.15, 0.2) is 0 Å². The predicted octanol–water partition coefficient (Wildman–Crippen LogP) is 0.966. The van der Waals surface area contributed by atoms with Crippen LogP contribution in [0.3, 0.4) is 0 Å². The van der Waals surface area contributed by atoms with E-state index in [2.05, 4.69) is 23.9 Å². The second-order valence-electron chi connectivity index (χ2n) is 4.78. The number of hydrogen-bond acceptors (Lipinski definition) is 4. The number of aromatic nitrogens is 1. The lowest BCUT2D eigenvalue weighted by Gasteiger charge is -2.41. The number of pyridine rings is 1. The van der Waals surface area contributed by atoms with Crippen molar-refractivity contribution in [2.75, 3.05) is 19.3 Å². The van der Waals surface area contributed by atoms with Crippen LogP contribution in [0.2, 0.25) is 0 Å². The Morgan fingerprint density at radius 3 is 3.00 bits per heavy atom. The summed E-state index contributed by atoms with van der Waals surface area (Å²) in [4.78, 5) is 6.31. The second kappa shape index (κ2) is 4.03. The minimum Gasteiger partial charge on any atom is -0.398 e. The van der Waals surface area contributed by atoms with Gasteiger partial charge in [0.05, 0.1) is 5.60 Å². The van der Waals surface area contributed by atoms with E-state index in [0.29, 0.717) is 24.6 Å². The maximum Gasteiger partial charge on any atom is 0.0958 e. The van der Waals surface area contributed by atoms with E-state index in [-0.39, 0.29) is 0 Å². The molecule has 4 heteroatoms.